The first-order chi connectivity index (χ1) is 12.9. The van der Waals surface area contributed by atoms with Gasteiger partial charge in [0.05, 0.1) is 18.4 Å². The second-order valence-electron chi connectivity index (χ2n) is 5.55. The Bertz CT molecular complexity index is 985. The molecule has 1 aliphatic heterocycles. The number of nitrogens with zero attached hydrogens (tertiary/aromatic N) is 1. The standard InChI is InChI=1S/C19H13BrN2O4S/c1-26-18(25)12-7-5-11(6-8-12)9-15-16(23)21-19(27)22(17(15)24)14-4-2-3-13(20)10-14/h2-10H,1H3,(H,21,23,27). The number of anilines is 1. The van der Waals surface area contributed by atoms with Gasteiger partial charge in [0.25, 0.3) is 11.8 Å². The van der Waals surface area contributed by atoms with Crippen molar-refractivity contribution in [3.63, 3.8) is 0 Å². The maximum absolute atomic E-state index is 12.9. The lowest BCUT2D eigenvalue weighted by Crippen LogP contribution is -2.54. The molecule has 6 nitrogen and oxygen atoms in total. The van der Waals surface area contributed by atoms with Crippen LogP contribution in [0.2, 0.25) is 0 Å². The van der Waals surface area contributed by atoms with Gasteiger partial charge in [0.1, 0.15) is 5.57 Å². The van der Waals surface area contributed by atoms with Gasteiger partial charge >= 0.3 is 5.97 Å². The highest BCUT2D eigenvalue weighted by molar-refractivity contribution is 9.10. The molecule has 27 heavy (non-hydrogen) atoms. The quantitative estimate of drug-likeness (QED) is 0.340. The molecule has 1 heterocycles. The molecule has 2 aromatic rings. The van der Waals surface area contributed by atoms with Crippen molar-refractivity contribution in [2.45, 2.75) is 0 Å². The van der Waals surface area contributed by atoms with E-state index in [1.54, 1.807) is 42.5 Å². The topological polar surface area (TPSA) is 75.7 Å². The molecule has 0 aliphatic carbocycles. The Morgan fingerprint density at radius 3 is 2.52 bits per heavy atom. The summed E-state index contributed by atoms with van der Waals surface area (Å²) in [5.41, 5.74) is 1.43. The van der Waals surface area contributed by atoms with Crippen LogP contribution in [-0.2, 0) is 14.3 Å². The fraction of sp³-hybridized carbons (Fsp3) is 0.0526. The molecule has 0 atom stereocenters. The van der Waals surface area contributed by atoms with Gasteiger partial charge in [-0.05, 0) is 54.2 Å². The van der Waals surface area contributed by atoms with E-state index in [0.29, 0.717) is 16.8 Å². The summed E-state index contributed by atoms with van der Waals surface area (Å²) in [5, 5.41) is 2.54. The van der Waals surface area contributed by atoms with Crippen LogP contribution in [0.1, 0.15) is 15.9 Å². The predicted molar refractivity (Wildman–Crippen MR) is 108 cm³/mol. The van der Waals surface area contributed by atoms with Crippen LogP contribution in [0.3, 0.4) is 0 Å². The lowest BCUT2D eigenvalue weighted by molar-refractivity contribution is -0.122. The summed E-state index contributed by atoms with van der Waals surface area (Å²) < 4.78 is 5.42. The maximum Gasteiger partial charge on any atom is 0.337 e. The van der Waals surface area contributed by atoms with Crippen molar-refractivity contribution in [2.24, 2.45) is 0 Å². The van der Waals surface area contributed by atoms with E-state index in [4.69, 9.17) is 12.2 Å². The molecule has 2 aromatic carbocycles. The predicted octanol–water partition coefficient (Wildman–Crippen LogP) is 3.07. The second kappa shape index (κ2) is 7.81. The van der Waals surface area contributed by atoms with E-state index in [2.05, 4.69) is 26.0 Å². The molecule has 1 aliphatic rings. The maximum atomic E-state index is 12.9. The summed E-state index contributed by atoms with van der Waals surface area (Å²) in [6.07, 6.45) is 1.45. The summed E-state index contributed by atoms with van der Waals surface area (Å²) in [5.74, 6) is -1.57. The molecule has 136 valence electrons. The zero-order valence-corrected chi connectivity index (χ0v) is 16.5. The van der Waals surface area contributed by atoms with Gasteiger partial charge in [-0.1, -0.05) is 34.1 Å². The highest BCUT2D eigenvalue weighted by atomic mass is 79.9. The molecule has 0 aromatic heterocycles. The summed E-state index contributed by atoms with van der Waals surface area (Å²) in [7, 11) is 1.29. The van der Waals surface area contributed by atoms with Crippen LogP contribution in [0.15, 0.2) is 58.6 Å². The molecule has 0 saturated carbocycles. The van der Waals surface area contributed by atoms with Crippen LogP contribution in [-0.4, -0.2) is 30.0 Å². The lowest BCUT2D eigenvalue weighted by Gasteiger charge is -2.29. The van der Waals surface area contributed by atoms with Crippen LogP contribution < -0.4 is 10.2 Å². The molecule has 2 amide bonds. The number of methoxy groups -OCH3 is 1. The summed E-state index contributed by atoms with van der Waals surface area (Å²) in [4.78, 5) is 38.0. The molecule has 0 spiro atoms. The number of hydrogen-bond donors (Lipinski definition) is 1. The van der Waals surface area contributed by atoms with Gasteiger partial charge in [-0.3, -0.25) is 19.8 Å². The number of thiocarbonyl (C=S) groups is 1. The number of halogens is 1. The second-order valence-corrected chi connectivity index (χ2v) is 6.85. The average molecular weight is 445 g/mol. The number of carbonyl (C=O) groups excluding carboxylic acids is 3. The van der Waals surface area contributed by atoms with Gasteiger partial charge in [0.15, 0.2) is 5.11 Å². The van der Waals surface area contributed by atoms with E-state index in [1.165, 1.54) is 18.1 Å². The number of hydrogen-bond acceptors (Lipinski definition) is 5. The molecular formula is C19H13BrN2O4S. The van der Waals surface area contributed by atoms with Crippen LogP contribution in [0, 0.1) is 0 Å². The zero-order chi connectivity index (χ0) is 19.6. The fourth-order valence-corrected chi connectivity index (χ4v) is 3.18. The van der Waals surface area contributed by atoms with Gasteiger partial charge in [0.2, 0.25) is 0 Å². The Labute approximate surface area is 168 Å². The zero-order valence-electron chi connectivity index (χ0n) is 14.1. The third-order valence-electron chi connectivity index (χ3n) is 3.81. The van der Waals surface area contributed by atoms with E-state index >= 15 is 0 Å². The molecular weight excluding hydrogens is 432 g/mol. The normalized spacial score (nSPS) is 15.7. The van der Waals surface area contributed by atoms with Crippen molar-refractivity contribution in [1.82, 2.24) is 5.32 Å². The minimum Gasteiger partial charge on any atom is -0.465 e. The number of nitrogens with one attached hydrogen (secondary N) is 1. The van der Waals surface area contributed by atoms with Crippen molar-refractivity contribution in [3.8, 4) is 0 Å². The van der Waals surface area contributed by atoms with Crippen molar-refractivity contribution in [1.29, 1.82) is 0 Å². The first kappa shape index (κ1) is 18.9. The van der Waals surface area contributed by atoms with Crippen LogP contribution in [0.4, 0.5) is 5.69 Å². The van der Waals surface area contributed by atoms with E-state index < -0.39 is 17.8 Å². The Kier molecular flexibility index (Phi) is 5.48. The minimum absolute atomic E-state index is 0.0151. The average Bonchev–Trinajstić information content (AvgIpc) is 2.65. The number of amides is 2. The first-order valence-corrected chi connectivity index (χ1v) is 8.96. The van der Waals surface area contributed by atoms with E-state index in [9.17, 15) is 14.4 Å². The molecule has 1 saturated heterocycles. The number of rotatable bonds is 3. The number of benzene rings is 2. The number of esters is 1. The van der Waals surface area contributed by atoms with Gasteiger partial charge in [-0.2, -0.15) is 0 Å². The molecule has 0 radical (unpaired) electrons. The van der Waals surface area contributed by atoms with E-state index in [0.717, 1.165) is 4.47 Å². The van der Waals surface area contributed by atoms with Crippen LogP contribution in [0.25, 0.3) is 6.08 Å². The Hall–Kier alpha value is -2.84. The third kappa shape index (κ3) is 3.96. The van der Waals surface area contributed by atoms with E-state index in [1.807, 2.05) is 6.07 Å². The summed E-state index contributed by atoms with van der Waals surface area (Å²) >= 11 is 8.52. The SMILES string of the molecule is COC(=O)c1ccc(C=C2C(=O)NC(=S)N(c3cccc(Br)c3)C2=O)cc1. The van der Waals surface area contributed by atoms with Gasteiger partial charge in [0, 0.05) is 4.47 Å². The highest BCUT2D eigenvalue weighted by Crippen LogP contribution is 2.25. The molecule has 8 heteroatoms. The number of carbonyl (C=O) groups is 3. The molecule has 0 unspecified atom stereocenters. The summed E-state index contributed by atoms with van der Waals surface area (Å²) in [6, 6.07) is 13.4. The Morgan fingerprint density at radius 2 is 1.89 bits per heavy atom. The van der Waals surface area contributed by atoms with Crippen molar-refractivity contribution < 1.29 is 19.1 Å². The Balaban J connectivity index is 1.95. The largest absolute Gasteiger partial charge is 0.465 e. The van der Waals surface area contributed by atoms with Gasteiger partial charge < -0.3 is 4.74 Å². The lowest BCUT2D eigenvalue weighted by atomic mass is 10.1. The monoisotopic (exact) mass is 444 g/mol. The van der Waals surface area contributed by atoms with Crippen LogP contribution >= 0.6 is 28.1 Å². The van der Waals surface area contributed by atoms with Gasteiger partial charge in [-0.15, -0.1) is 0 Å². The molecule has 1 fully saturated rings. The number of ether oxygens (including phenoxy) is 1. The fourth-order valence-electron chi connectivity index (χ4n) is 2.51. The summed E-state index contributed by atoms with van der Waals surface area (Å²) in [6.45, 7) is 0. The van der Waals surface area contributed by atoms with Crippen molar-refractivity contribution in [2.75, 3.05) is 12.0 Å². The molecule has 0 bridgehead atoms. The molecule has 3 rings (SSSR count). The minimum atomic E-state index is -0.576. The third-order valence-corrected chi connectivity index (χ3v) is 4.59. The highest BCUT2D eigenvalue weighted by Gasteiger charge is 2.34. The molecule has 1 N–H and O–H groups in total. The van der Waals surface area contributed by atoms with Crippen molar-refractivity contribution >= 4 is 62.8 Å². The smallest absolute Gasteiger partial charge is 0.337 e. The Morgan fingerprint density at radius 1 is 1.19 bits per heavy atom. The van der Waals surface area contributed by atoms with Crippen molar-refractivity contribution in [3.05, 3.63) is 69.7 Å². The van der Waals surface area contributed by atoms with Gasteiger partial charge in [-0.25, -0.2) is 4.79 Å². The first-order valence-electron chi connectivity index (χ1n) is 7.76. The van der Waals surface area contributed by atoms with Crippen LogP contribution in [0.5, 0.6) is 0 Å². The van der Waals surface area contributed by atoms with E-state index in [-0.39, 0.29) is 10.7 Å².